The van der Waals surface area contributed by atoms with Crippen molar-refractivity contribution in [2.75, 3.05) is 11.9 Å². The van der Waals surface area contributed by atoms with Gasteiger partial charge in [0.2, 0.25) is 5.91 Å². The van der Waals surface area contributed by atoms with E-state index in [1.807, 2.05) is 0 Å². The Bertz CT molecular complexity index is 569. The maximum atomic E-state index is 12.2. The van der Waals surface area contributed by atoms with Crippen LogP contribution in [0.3, 0.4) is 0 Å². The lowest BCUT2D eigenvalue weighted by molar-refractivity contribution is -0.137. The highest BCUT2D eigenvalue weighted by atomic mass is 16.4. The molecule has 7 heteroatoms. The molecule has 1 aliphatic carbocycles. The van der Waals surface area contributed by atoms with E-state index in [-0.39, 0.29) is 25.0 Å². The minimum atomic E-state index is -0.941. The fourth-order valence-electron chi connectivity index (χ4n) is 2.00. The summed E-state index contributed by atoms with van der Waals surface area (Å²) in [5, 5.41) is 11.4. The average molecular weight is 291 g/mol. The van der Waals surface area contributed by atoms with Crippen molar-refractivity contribution in [1.29, 1.82) is 0 Å². The number of nitrogens with zero attached hydrogens (tertiary/aromatic N) is 1. The number of primary amides is 1. The molecule has 1 aromatic carbocycles. The number of rotatable bonds is 6. The van der Waals surface area contributed by atoms with Crippen LogP contribution in [0.15, 0.2) is 24.3 Å². The van der Waals surface area contributed by atoms with Gasteiger partial charge in [0.05, 0.1) is 6.42 Å². The Hall–Kier alpha value is -2.57. The summed E-state index contributed by atoms with van der Waals surface area (Å²) >= 11 is 0. The van der Waals surface area contributed by atoms with Gasteiger partial charge in [0.1, 0.15) is 0 Å². The van der Waals surface area contributed by atoms with Gasteiger partial charge in [-0.3, -0.25) is 9.59 Å². The van der Waals surface area contributed by atoms with Gasteiger partial charge in [-0.1, -0.05) is 6.07 Å². The highest BCUT2D eigenvalue weighted by molar-refractivity contribution is 5.96. The molecular weight excluding hydrogens is 274 g/mol. The molecule has 21 heavy (non-hydrogen) atoms. The van der Waals surface area contributed by atoms with Crippen molar-refractivity contribution >= 4 is 23.6 Å². The molecule has 1 fully saturated rings. The second-order valence-corrected chi connectivity index (χ2v) is 4.94. The second kappa shape index (κ2) is 6.25. The number of carboxylic acid groups (broad SMARTS) is 1. The molecule has 0 heterocycles. The predicted octanol–water partition coefficient (Wildman–Crippen LogP) is 1.26. The van der Waals surface area contributed by atoms with Crippen LogP contribution < -0.4 is 11.1 Å². The molecule has 0 saturated heterocycles. The molecule has 0 radical (unpaired) electrons. The summed E-state index contributed by atoms with van der Waals surface area (Å²) in [6.07, 6.45) is 1.67. The van der Waals surface area contributed by atoms with E-state index in [0.717, 1.165) is 12.8 Å². The number of nitrogens with one attached hydrogen (secondary N) is 1. The van der Waals surface area contributed by atoms with Gasteiger partial charge in [-0.15, -0.1) is 0 Å². The lowest BCUT2D eigenvalue weighted by Gasteiger charge is -2.22. The van der Waals surface area contributed by atoms with E-state index < -0.39 is 11.9 Å². The highest BCUT2D eigenvalue weighted by Crippen LogP contribution is 2.27. The number of benzene rings is 1. The molecule has 0 aliphatic heterocycles. The van der Waals surface area contributed by atoms with Crippen LogP contribution in [-0.4, -0.2) is 40.5 Å². The minimum Gasteiger partial charge on any atom is -0.481 e. The monoisotopic (exact) mass is 291 g/mol. The normalized spacial score (nSPS) is 13.5. The Labute approximate surface area is 121 Å². The maximum Gasteiger partial charge on any atom is 0.322 e. The van der Waals surface area contributed by atoms with Crippen LogP contribution in [0.2, 0.25) is 0 Å². The first-order chi connectivity index (χ1) is 9.97. The Balaban J connectivity index is 2.02. The van der Waals surface area contributed by atoms with E-state index in [4.69, 9.17) is 10.8 Å². The van der Waals surface area contributed by atoms with Crippen LogP contribution in [-0.2, 0) is 4.79 Å². The molecule has 0 bridgehead atoms. The topological polar surface area (TPSA) is 113 Å². The number of carbonyl (C=O) groups excluding carboxylic acids is 2. The number of carbonyl (C=O) groups is 3. The van der Waals surface area contributed by atoms with Gasteiger partial charge in [0.15, 0.2) is 0 Å². The molecule has 4 N–H and O–H groups in total. The van der Waals surface area contributed by atoms with Crippen LogP contribution in [0.25, 0.3) is 0 Å². The lowest BCUT2D eigenvalue weighted by atomic mass is 10.2. The fourth-order valence-corrected chi connectivity index (χ4v) is 2.00. The molecule has 0 aromatic heterocycles. The Kier molecular flexibility index (Phi) is 4.42. The Morgan fingerprint density at radius 2 is 2.05 bits per heavy atom. The molecule has 1 saturated carbocycles. The predicted molar refractivity (Wildman–Crippen MR) is 76.0 cm³/mol. The summed E-state index contributed by atoms with van der Waals surface area (Å²) in [7, 11) is 0. The maximum absolute atomic E-state index is 12.2. The van der Waals surface area contributed by atoms with Gasteiger partial charge in [0, 0.05) is 23.8 Å². The minimum absolute atomic E-state index is 0.0920. The third-order valence-corrected chi connectivity index (χ3v) is 3.21. The summed E-state index contributed by atoms with van der Waals surface area (Å²) < 4.78 is 0. The standard InChI is InChI=1S/C14H17N3O4/c15-13(20)9-2-1-3-10(8-9)16-14(21)17(11-4-5-11)7-6-12(18)19/h1-3,8,11H,4-7H2,(H2,15,20)(H,16,21)(H,18,19). The van der Waals surface area contributed by atoms with Crippen molar-refractivity contribution in [3.63, 3.8) is 0 Å². The zero-order valence-electron chi connectivity index (χ0n) is 11.4. The molecule has 1 aromatic rings. The third kappa shape index (κ3) is 4.20. The molecule has 7 nitrogen and oxygen atoms in total. The van der Waals surface area contributed by atoms with Crippen molar-refractivity contribution in [3.05, 3.63) is 29.8 Å². The number of aliphatic carboxylic acids is 1. The molecule has 1 aliphatic rings. The summed E-state index contributed by atoms with van der Waals surface area (Å²) in [5.41, 5.74) is 5.94. The average Bonchev–Trinajstić information content (AvgIpc) is 3.23. The van der Waals surface area contributed by atoms with Crippen molar-refractivity contribution in [3.8, 4) is 0 Å². The Morgan fingerprint density at radius 1 is 1.33 bits per heavy atom. The number of urea groups is 1. The number of nitrogens with two attached hydrogens (primary N) is 1. The first-order valence-corrected chi connectivity index (χ1v) is 6.66. The van der Waals surface area contributed by atoms with Crippen LogP contribution in [0.4, 0.5) is 10.5 Å². The number of anilines is 1. The first kappa shape index (κ1) is 14.8. The summed E-state index contributed by atoms with van der Waals surface area (Å²) in [6.45, 7) is 0.168. The van der Waals surface area contributed by atoms with Gasteiger partial charge in [0.25, 0.3) is 0 Å². The fraction of sp³-hybridized carbons (Fsp3) is 0.357. The molecule has 112 valence electrons. The second-order valence-electron chi connectivity index (χ2n) is 4.94. The molecule has 2 rings (SSSR count). The zero-order chi connectivity index (χ0) is 15.4. The third-order valence-electron chi connectivity index (χ3n) is 3.21. The molecule has 0 unspecified atom stereocenters. The van der Waals surface area contributed by atoms with E-state index >= 15 is 0 Å². The van der Waals surface area contributed by atoms with Crippen LogP contribution in [0.5, 0.6) is 0 Å². The van der Waals surface area contributed by atoms with E-state index in [1.54, 1.807) is 18.2 Å². The van der Waals surface area contributed by atoms with E-state index in [1.165, 1.54) is 11.0 Å². The van der Waals surface area contributed by atoms with Crippen LogP contribution >= 0.6 is 0 Å². The SMILES string of the molecule is NC(=O)c1cccc(NC(=O)N(CCC(=O)O)C2CC2)c1. The van der Waals surface area contributed by atoms with E-state index in [9.17, 15) is 14.4 Å². The van der Waals surface area contributed by atoms with Gasteiger partial charge < -0.3 is 21.1 Å². The smallest absolute Gasteiger partial charge is 0.322 e. The van der Waals surface area contributed by atoms with Crippen molar-refractivity contribution in [2.24, 2.45) is 5.73 Å². The highest BCUT2D eigenvalue weighted by Gasteiger charge is 2.32. The summed E-state index contributed by atoms with van der Waals surface area (Å²) in [6, 6.07) is 6.05. The van der Waals surface area contributed by atoms with Crippen molar-refractivity contribution < 1.29 is 19.5 Å². The summed E-state index contributed by atoms with van der Waals surface area (Å²) in [5.74, 6) is -1.51. The quantitative estimate of drug-likeness (QED) is 0.732. The van der Waals surface area contributed by atoms with E-state index in [0.29, 0.717) is 11.3 Å². The molecule has 0 atom stereocenters. The zero-order valence-corrected chi connectivity index (χ0v) is 11.4. The van der Waals surface area contributed by atoms with Gasteiger partial charge in [-0.25, -0.2) is 4.79 Å². The van der Waals surface area contributed by atoms with Crippen molar-refractivity contribution in [2.45, 2.75) is 25.3 Å². The van der Waals surface area contributed by atoms with Gasteiger partial charge in [-0.05, 0) is 31.0 Å². The van der Waals surface area contributed by atoms with E-state index in [2.05, 4.69) is 5.32 Å². The number of hydrogen-bond acceptors (Lipinski definition) is 3. The Morgan fingerprint density at radius 3 is 2.62 bits per heavy atom. The van der Waals surface area contributed by atoms with Gasteiger partial charge >= 0.3 is 12.0 Å². The molecular formula is C14H17N3O4. The number of hydrogen-bond donors (Lipinski definition) is 3. The van der Waals surface area contributed by atoms with Crippen LogP contribution in [0, 0.1) is 0 Å². The van der Waals surface area contributed by atoms with Gasteiger partial charge in [-0.2, -0.15) is 0 Å². The molecule has 3 amide bonds. The van der Waals surface area contributed by atoms with Crippen LogP contribution in [0.1, 0.15) is 29.6 Å². The molecule has 0 spiro atoms. The first-order valence-electron chi connectivity index (χ1n) is 6.66. The summed E-state index contributed by atoms with van der Waals surface area (Å²) in [4.78, 5) is 35.5. The number of carboxylic acids is 1. The lowest BCUT2D eigenvalue weighted by Crippen LogP contribution is -2.38. The largest absolute Gasteiger partial charge is 0.481 e. The number of amides is 3. The van der Waals surface area contributed by atoms with Crippen molar-refractivity contribution in [1.82, 2.24) is 4.90 Å².